The van der Waals surface area contributed by atoms with Crippen molar-refractivity contribution in [3.63, 3.8) is 0 Å². The molecule has 0 aliphatic heterocycles. The molecule has 5 nitrogen and oxygen atoms in total. The highest BCUT2D eigenvalue weighted by Crippen LogP contribution is 2.23. The maximum absolute atomic E-state index is 5.87. The highest BCUT2D eigenvalue weighted by atomic mass is 16.3. The zero-order valence-corrected chi connectivity index (χ0v) is 11.8. The van der Waals surface area contributed by atoms with E-state index < -0.39 is 0 Å². The lowest BCUT2D eigenvalue weighted by Gasteiger charge is -2.22. The highest BCUT2D eigenvalue weighted by molar-refractivity contribution is 5.47. The summed E-state index contributed by atoms with van der Waals surface area (Å²) in [7, 11) is 1.96. The van der Waals surface area contributed by atoms with E-state index in [2.05, 4.69) is 30.7 Å². The quantitative estimate of drug-likeness (QED) is 0.918. The van der Waals surface area contributed by atoms with Crippen LogP contribution in [-0.2, 0) is 12.0 Å². The van der Waals surface area contributed by atoms with Gasteiger partial charge in [0.15, 0.2) is 0 Å². The molecule has 2 aromatic rings. The number of nitrogens with zero attached hydrogens (tertiary/aromatic N) is 3. The lowest BCUT2D eigenvalue weighted by atomic mass is 9.96. The van der Waals surface area contributed by atoms with E-state index in [1.807, 2.05) is 24.1 Å². The van der Waals surface area contributed by atoms with Crippen LogP contribution in [0.5, 0.6) is 0 Å². The number of nitrogens with two attached hydrogens (primary N) is 1. The molecule has 0 fully saturated rings. The van der Waals surface area contributed by atoms with Crippen LogP contribution in [0.25, 0.3) is 0 Å². The maximum Gasteiger partial charge on any atom is 0.138 e. The minimum atomic E-state index is -0.129. The van der Waals surface area contributed by atoms with Crippen molar-refractivity contribution in [2.75, 3.05) is 17.7 Å². The molecule has 2 N–H and O–H groups in total. The molecule has 2 rings (SSSR count). The molecule has 19 heavy (non-hydrogen) atoms. The molecule has 0 aliphatic carbocycles. The van der Waals surface area contributed by atoms with Gasteiger partial charge in [0.1, 0.15) is 23.2 Å². The second kappa shape index (κ2) is 4.91. The Labute approximate surface area is 113 Å². The van der Waals surface area contributed by atoms with Gasteiger partial charge in [-0.05, 0) is 12.1 Å². The number of furan rings is 1. The van der Waals surface area contributed by atoms with Gasteiger partial charge in [0.05, 0.1) is 12.8 Å². The molecule has 0 bridgehead atoms. The summed E-state index contributed by atoms with van der Waals surface area (Å²) in [5.74, 6) is 2.92. The number of hydrogen-bond acceptors (Lipinski definition) is 5. The van der Waals surface area contributed by atoms with Crippen LogP contribution < -0.4 is 10.6 Å². The van der Waals surface area contributed by atoms with Gasteiger partial charge >= 0.3 is 0 Å². The number of rotatable bonds is 3. The van der Waals surface area contributed by atoms with Crippen LogP contribution in [0, 0.1) is 0 Å². The van der Waals surface area contributed by atoms with E-state index in [0.717, 1.165) is 17.4 Å². The number of anilines is 2. The van der Waals surface area contributed by atoms with Gasteiger partial charge in [-0.25, -0.2) is 9.97 Å². The van der Waals surface area contributed by atoms with Crippen molar-refractivity contribution >= 4 is 11.6 Å². The van der Waals surface area contributed by atoms with Gasteiger partial charge < -0.3 is 15.1 Å². The molecule has 5 heteroatoms. The lowest BCUT2D eigenvalue weighted by molar-refractivity contribution is 0.505. The smallest absolute Gasteiger partial charge is 0.138 e. The Hall–Kier alpha value is -2.04. The third-order valence-electron chi connectivity index (χ3n) is 2.77. The van der Waals surface area contributed by atoms with E-state index in [9.17, 15) is 0 Å². The summed E-state index contributed by atoms with van der Waals surface area (Å²) in [6.07, 6.45) is 1.66. The van der Waals surface area contributed by atoms with E-state index in [1.165, 1.54) is 0 Å². The summed E-state index contributed by atoms with van der Waals surface area (Å²) < 4.78 is 5.34. The molecule has 0 radical (unpaired) electrons. The first-order valence-electron chi connectivity index (χ1n) is 6.25. The van der Waals surface area contributed by atoms with Crippen LogP contribution in [0.4, 0.5) is 11.6 Å². The topological polar surface area (TPSA) is 68.2 Å². The Morgan fingerprint density at radius 2 is 2.05 bits per heavy atom. The zero-order chi connectivity index (χ0) is 14.0. The average molecular weight is 260 g/mol. The predicted molar refractivity (Wildman–Crippen MR) is 76.0 cm³/mol. The van der Waals surface area contributed by atoms with E-state index in [4.69, 9.17) is 10.2 Å². The van der Waals surface area contributed by atoms with Crippen molar-refractivity contribution < 1.29 is 4.42 Å². The molecule has 2 aromatic heterocycles. The fourth-order valence-electron chi connectivity index (χ4n) is 1.70. The number of hydrogen-bond donors (Lipinski definition) is 1. The molecule has 2 heterocycles. The summed E-state index contributed by atoms with van der Waals surface area (Å²) >= 11 is 0. The van der Waals surface area contributed by atoms with Crippen LogP contribution in [-0.4, -0.2) is 17.0 Å². The fourth-order valence-corrected chi connectivity index (χ4v) is 1.70. The molecule has 0 aliphatic rings. The van der Waals surface area contributed by atoms with Crippen molar-refractivity contribution in [3.8, 4) is 0 Å². The minimum absolute atomic E-state index is 0.129. The Bertz CT molecular complexity index is 543. The lowest BCUT2D eigenvalue weighted by Crippen LogP contribution is -2.22. The van der Waals surface area contributed by atoms with Crippen LogP contribution in [0.1, 0.15) is 32.4 Å². The summed E-state index contributed by atoms with van der Waals surface area (Å²) in [6.45, 7) is 6.85. The van der Waals surface area contributed by atoms with Crippen molar-refractivity contribution in [3.05, 3.63) is 36.0 Å². The van der Waals surface area contributed by atoms with Gasteiger partial charge in [-0.15, -0.1) is 0 Å². The maximum atomic E-state index is 5.87. The normalized spacial score (nSPS) is 11.6. The van der Waals surface area contributed by atoms with Crippen molar-refractivity contribution in [1.82, 2.24) is 9.97 Å². The molecule has 0 saturated heterocycles. The molecule has 0 aromatic carbocycles. The van der Waals surface area contributed by atoms with Gasteiger partial charge in [0.25, 0.3) is 0 Å². The van der Waals surface area contributed by atoms with Gasteiger partial charge in [-0.3, -0.25) is 0 Å². The van der Waals surface area contributed by atoms with Gasteiger partial charge in [-0.1, -0.05) is 20.8 Å². The van der Waals surface area contributed by atoms with Crippen LogP contribution in [0.3, 0.4) is 0 Å². The largest absolute Gasteiger partial charge is 0.467 e. The second-order valence-corrected chi connectivity index (χ2v) is 5.66. The molecular formula is C14H20N4O. The van der Waals surface area contributed by atoms with Crippen molar-refractivity contribution in [2.45, 2.75) is 32.7 Å². The molecule has 0 atom stereocenters. The molecule has 0 spiro atoms. The molecule has 102 valence electrons. The fraction of sp³-hybridized carbons (Fsp3) is 0.429. The Kier molecular flexibility index (Phi) is 3.46. The van der Waals surface area contributed by atoms with E-state index in [1.54, 1.807) is 12.3 Å². The first-order valence-corrected chi connectivity index (χ1v) is 6.25. The highest BCUT2D eigenvalue weighted by Gasteiger charge is 2.19. The standard InChI is InChI=1S/C14H20N4O/c1-14(2,3)13-16-11(15)8-12(17-13)18(4)9-10-6-5-7-19-10/h5-8H,9H2,1-4H3,(H2,15,16,17). The van der Waals surface area contributed by atoms with Gasteiger partial charge in [0, 0.05) is 18.5 Å². The zero-order valence-electron chi connectivity index (χ0n) is 11.8. The third kappa shape index (κ3) is 3.24. The Morgan fingerprint density at radius 1 is 1.32 bits per heavy atom. The molecule has 0 unspecified atom stereocenters. The predicted octanol–water partition coefficient (Wildman–Crippen LogP) is 2.59. The third-order valence-corrected chi connectivity index (χ3v) is 2.77. The van der Waals surface area contributed by atoms with E-state index in [0.29, 0.717) is 12.4 Å². The second-order valence-electron chi connectivity index (χ2n) is 5.66. The first kappa shape index (κ1) is 13.4. The minimum Gasteiger partial charge on any atom is -0.467 e. The summed E-state index contributed by atoms with van der Waals surface area (Å²) in [4.78, 5) is 10.9. The summed E-state index contributed by atoms with van der Waals surface area (Å²) in [6, 6.07) is 5.59. The number of aromatic nitrogens is 2. The van der Waals surface area contributed by atoms with Crippen molar-refractivity contribution in [1.29, 1.82) is 0 Å². The van der Waals surface area contributed by atoms with Crippen molar-refractivity contribution in [2.24, 2.45) is 0 Å². The molecule has 0 saturated carbocycles. The molecule has 0 amide bonds. The average Bonchev–Trinajstić information content (AvgIpc) is 2.79. The van der Waals surface area contributed by atoms with E-state index >= 15 is 0 Å². The van der Waals surface area contributed by atoms with Crippen LogP contribution >= 0.6 is 0 Å². The monoisotopic (exact) mass is 260 g/mol. The van der Waals surface area contributed by atoms with Gasteiger partial charge in [-0.2, -0.15) is 0 Å². The number of nitrogen functional groups attached to an aromatic ring is 1. The summed E-state index contributed by atoms with van der Waals surface area (Å²) in [5.41, 5.74) is 5.74. The van der Waals surface area contributed by atoms with Crippen LogP contribution in [0.2, 0.25) is 0 Å². The molecular weight excluding hydrogens is 240 g/mol. The van der Waals surface area contributed by atoms with Crippen LogP contribution in [0.15, 0.2) is 28.9 Å². The Balaban J connectivity index is 2.26. The summed E-state index contributed by atoms with van der Waals surface area (Å²) in [5, 5.41) is 0. The van der Waals surface area contributed by atoms with E-state index in [-0.39, 0.29) is 5.41 Å². The van der Waals surface area contributed by atoms with Gasteiger partial charge in [0.2, 0.25) is 0 Å². The SMILES string of the molecule is CN(Cc1ccco1)c1cc(N)nc(C(C)(C)C)n1. The Morgan fingerprint density at radius 3 is 2.63 bits per heavy atom. The first-order chi connectivity index (χ1) is 8.86.